The van der Waals surface area contributed by atoms with Crippen molar-refractivity contribution >= 4 is 34.4 Å². The van der Waals surface area contributed by atoms with Crippen LogP contribution in [-0.2, 0) is 4.79 Å². The zero-order valence-corrected chi connectivity index (χ0v) is 20.7. The molecule has 1 unspecified atom stereocenters. The first-order valence-electron chi connectivity index (χ1n) is 11.6. The number of hydrogen-bond donors (Lipinski definition) is 6. The molecule has 2 aromatic heterocycles. The Kier molecular flexibility index (Phi) is 7.69. The van der Waals surface area contributed by atoms with Crippen LogP contribution < -0.4 is 21.1 Å². The van der Waals surface area contributed by atoms with Crippen LogP contribution in [0.3, 0.4) is 0 Å². The van der Waals surface area contributed by atoms with Crippen molar-refractivity contribution < 1.29 is 29.3 Å². The zero-order chi connectivity index (χ0) is 27.4. The van der Waals surface area contributed by atoms with Crippen LogP contribution in [-0.4, -0.2) is 73.3 Å². The number of aromatic nitrogens is 4. The lowest BCUT2D eigenvalue weighted by molar-refractivity contribution is -0.123. The van der Waals surface area contributed by atoms with Gasteiger partial charge in [0.15, 0.2) is 12.3 Å². The van der Waals surface area contributed by atoms with Gasteiger partial charge >= 0.3 is 0 Å². The van der Waals surface area contributed by atoms with Crippen molar-refractivity contribution in [2.24, 2.45) is 5.73 Å². The molecule has 2 heterocycles. The van der Waals surface area contributed by atoms with Crippen LogP contribution in [0.5, 0.6) is 5.75 Å². The fraction of sp³-hybridized carbons (Fsp3) is 0.240. The summed E-state index contributed by atoms with van der Waals surface area (Å²) in [5.41, 5.74) is 8.84. The van der Waals surface area contributed by atoms with Crippen LogP contribution in [0.25, 0.3) is 17.0 Å². The van der Waals surface area contributed by atoms with E-state index in [9.17, 15) is 19.5 Å². The molecule has 198 valence electrons. The lowest BCUT2D eigenvalue weighted by Gasteiger charge is -2.10. The molecule has 4 rings (SSSR count). The SMILES string of the molecule is Cc1ccc(NC(=O)c2ncn(-c3nc4ccc(OCC(=O)NCC(O)CO)cc4[nH]3)c2C(N)=O)c(C)c1. The van der Waals surface area contributed by atoms with Gasteiger partial charge in [-0.1, -0.05) is 17.7 Å². The Bertz CT molecular complexity index is 1510. The second kappa shape index (κ2) is 11.1. The number of aliphatic hydroxyl groups is 2. The van der Waals surface area contributed by atoms with Crippen molar-refractivity contribution in [1.29, 1.82) is 0 Å². The zero-order valence-electron chi connectivity index (χ0n) is 20.7. The maximum atomic E-state index is 13.0. The van der Waals surface area contributed by atoms with E-state index in [1.54, 1.807) is 24.3 Å². The van der Waals surface area contributed by atoms with Gasteiger partial charge in [-0.25, -0.2) is 9.97 Å². The number of nitrogens with zero attached hydrogens (tertiary/aromatic N) is 3. The highest BCUT2D eigenvalue weighted by atomic mass is 16.5. The number of ether oxygens (including phenoxy) is 1. The van der Waals surface area contributed by atoms with Crippen molar-refractivity contribution in [3.05, 3.63) is 65.2 Å². The number of benzene rings is 2. The van der Waals surface area contributed by atoms with Crippen molar-refractivity contribution in [2.75, 3.05) is 25.1 Å². The molecule has 0 aliphatic carbocycles. The average Bonchev–Trinajstić information content (AvgIpc) is 3.51. The van der Waals surface area contributed by atoms with Gasteiger partial charge in [-0.3, -0.25) is 19.0 Å². The number of aromatic amines is 1. The van der Waals surface area contributed by atoms with Crippen molar-refractivity contribution in [3.63, 3.8) is 0 Å². The van der Waals surface area contributed by atoms with Crippen molar-refractivity contribution in [1.82, 2.24) is 24.8 Å². The van der Waals surface area contributed by atoms with E-state index in [2.05, 4.69) is 25.6 Å². The number of fused-ring (bicyclic) bond motifs is 1. The maximum absolute atomic E-state index is 13.0. The number of aliphatic hydroxyl groups excluding tert-OH is 2. The van der Waals surface area contributed by atoms with Crippen LogP contribution in [0.1, 0.15) is 32.1 Å². The number of anilines is 1. The summed E-state index contributed by atoms with van der Waals surface area (Å²) in [6, 6.07) is 10.4. The topological polar surface area (TPSA) is 197 Å². The number of nitrogens with two attached hydrogens (primary N) is 1. The normalized spacial score (nSPS) is 11.8. The van der Waals surface area contributed by atoms with Gasteiger partial charge in [0.1, 0.15) is 17.8 Å². The summed E-state index contributed by atoms with van der Waals surface area (Å²) in [6.45, 7) is 2.93. The highest BCUT2D eigenvalue weighted by Crippen LogP contribution is 2.23. The molecule has 2 aromatic carbocycles. The summed E-state index contributed by atoms with van der Waals surface area (Å²) in [5.74, 6) is -1.38. The number of carbonyl (C=O) groups excluding carboxylic acids is 3. The minimum Gasteiger partial charge on any atom is -0.484 e. The van der Waals surface area contributed by atoms with Crippen LogP contribution in [0.15, 0.2) is 42.7 Å². The molecule has 13 nitrogen and oxygen atoms in total. The number of amides is 3. The molecule has 13 heteroatoms. The number of rotatable bonds is 10. The molecule has 1 atom stereocenters. The molecular weight excluding hydrogens is 494 g/mol. The van der Waals surface area contributed by atoms with Gasteiger partial charge in [-0.15, -0.1) is 0 Å². The monoisotopic (exact) mass is 521 g/mol. The smallest absolute Gasteiger partial charge is 0.276 e. The van der Waals surface area contributed by atoms with Gasteiger partial charge < -0.3 is 36.3 Å². The first-order chi connectivity index (χ1) is 18.2. The number of primary amides is 1. The van der Waals surface area contributed by atoms with Gasteiger partial charge in [0.2, 0.25) is 5.95 Å². The third kappa shape index (κ3) is 5.79. The molecular formula is C25H27N7O6. The van der Waals surface area contributed by atoms with Crippen LogP contribution in [0.2, 0.25) is 0 Å². The van der Waals surface area contributed by atoms with E-state index in [0.29, 0.717) is 22.5 Å². The Labute approximate surface area is 216 Å². The molecule has 38 heavy (non-hydrogen) atoms. The molecule has 7 N–H and O–H groups in total. The Morgan fingerprint density at radius 3 is 2.68 bits per heavy atom. The third-order valence-corrected chi connectivity index (χ3v) is 5.63. The second-order valence-electron chi connectivity index (χ2n) is 8.62. The van der Waals surface area contributed by atoms with E-state index in [-0.39, 0.29) is 30.5 Å². The Balaban J connectivity index is 1.54. The van der Waals surface area contributed by atoms with E-state index in [4.69, 9.17) is 15.6 Å². The quantitative estimate of drug-likeness (QED) is 0.174. The fourth-order valence-electron chi connectivity index (χ4n) is 3.72. The summed E-state index contributed by atoms with van der Waals surface area (Å²) in [7, 11) is 0. The largest absolute Gasteiger partial charge is 0.484 e. The third-order valence-electron chi connectivity index (χ3n) is 5.63. The maximum Gasteiger partial charge on any atom is 0.276 e. The van der Waals surface area contributed by atoms with Crippen molar-refractivity contribution in [2.45, 2.75) is 20.0 Å². The fourth-order valence-corrected chi connectivity index (χ4v) is 3.72. The highest BCUT2D eigenvalue weighted by molar-refractivity contribution is 6.10. The summed E-state index contributed by atoms with van der Waals surface area (Å²) in [6.07, 6.45) is 0.225. The van der Waals surface area contributed by atoms with Crippen LogP contribution in [0, 0.1) is 13.8 Å². The predicted molar refractivity (Wildman–Crippen MR) is 137 cm³/mol. The average molecular weight is 522 g/mol. The number of imidazole rings is 2. The summed E-state index contributed by atoms with van der Waals surface area (Å²) in [4.78, 5) is 48.7. The van der Waals surface area contributed by atoms with Gasteiger partial charge in [0.05, 0.1) is 23.7 Å². The number of hydrogen-bond acceptors (Lipinski definition) is 8. The minimum absolute atomic E-state index is 0.0978. The molecule has 0 radical (unpaired) electrons. The minimum atomic E-state index is -1.05. The Hall–Kier alpha value is -4.75. The number of H-pyrrole nitrogens is 1. The summed E-state index contributed by atoms with van der Waals surface area (Å²) >= 11 is 0. The van der Waals surface area contributed by atoms with E-state index in [0.717, 1.165) is 11.1 Å². The molecule has 0 fully saturated rings. The number of aryl methyl sites for hydroxylation is 2. The first-order valence-corrected chi connectivity index (χ1v) is 11.6. The Morgan fingerprint density at radius 2 is 1.97 bits per heavy atom. The first kappa shape index (κ1) is 26.3. The molecule has 0 spiro atoms. The Morgan fingerprint density at radius 1 is 1.18 bits per heavy atom. The highest BCUT2D eigenvalue weighted by Gasteiger charge is 2.25. The molecule has 0 bridgehead atoms. The van der Waals surface area contributed by atoms with Gasteiger partial charge in [-0.05, 0) is 37.6 Å². The summed E-state index contributed by atoms with van der Waals surface area (Å²) < 4.78 is 6.77. The van der Waals surface area contributed by atoms with Crippen molar-refractivity contribution in [3.8, 4) is 11.7 Å². The van der Waals surface area contributed by atoms with Gasteiger partial charge in [0, 0.05) is 18.3 Å². The lowest BCUT2D eigenvalue weighted by Crippen LogP contribution is -2.36. The molecule has 3 amide bonds. The van der Waals surface area contributed by atoms with E-state index in [1.807, 2.05) is 26.0 Å². The molecule has 4 aromatic rings. The molecule has 0 saturated carbocycles. The lowest BCUT2D eigenvalue weighted by atomic mass is 10.1. The molecule has 0 aliphatic rings. The number of carbonyl (C=O) groups is 3. The predicted octanol–water partition coefficient (Wildman–Crippen LogP) is 0.565. The second-order valence-corrected chi connectivity index (χ2v) is 8.62. The molecule has 0 aliphatic heterocycles. The molecule has 0 saturated heterocycles. The van der Waals surface area contributed by atoms with Crippen LogP contribution >= 0.6 is 0 Å². The van der Waals surface area contributed by atoms with E-state index < -0.39 is 30.4 Å². The van der Waals surface area contributed by atoms with Crippen LogP contribution in [0.4, 0.5) is 5.69 Å². The summed E-state index contributed by atoms with van der Waals surface area (Å²) in [5, 5.41) is 23.3. The van der Waals surface area contributed by atoms with Gasteiger partial charge in [-0.2, -0.15) is 0 Å². The standard InChI is InChI=1S/C25H27N7O6/c1-13-3-5-17(14(2)7-13)29-24(37)21-22(23(26)36)32(12-28-21)25-30-18-6-4-16(8-19(18)31-25)38-11-20(35)27-9-15(34)10-33/h3-8,12,15,33-34H,9-11H2,1-2H3,(H2,26,36)(H,27,35)(H,29,37)(H,30,31). The van der Waals surface area contributed by atoms with E-state index in [1.165, 1.54) is 10.9 Å². The number of nitrogens with one attached hydrogen (secondary N) is 3. The van der Waals surface area contributed by atoms with E-state index >= 15 is 0 Å². The van der Waals surface area contributed by atoms with Gasteiger partial charge in [0.25, 0.3) is 17.7 Å².